The lowest BCUT2D eigenvalue weighted by Crippen LogP contribution is -2.43. The van der Waals surface area contributed by atoms with Gasteiger partial charge in [0, 0.05) is 12.7 Å². The minimum absolute atomic E-state index is 0.0198. The molecule has 0 aliphatic heterocycles. The molecule has 1 spiro atoms. The number of tetrazole rings is 1. The summed E-state index contributed by atoms with van der Waals surface area (Å²) >= 11 is 0. The number of amides is 1. The lowest BCUT2D eigenvalue weighted by Gasteiger charge is -2.49. The van der Waals surface area contributed by atoms with Crippen LogP contribution < -0.4 is 5.32 Å². The largest absolute Gasteiger partial charge is 0.466 e. The second-order valence-electron chi connectivity index (χ2n) is 11.5. The summed E-state index contributed by atoms with van der Waals surface area (Å²) in [6.45, 7) is 3.13. The zero-order valence-electron chi connectivity index (χ0n) is 20.5. The molecule has 10 nitrogen and oxygen atoms in total. The monoisotopic (exact) mass is 489 g/mol. The number of nitrogens with one attached hydrogen (secondary N) is 1. The number of carbonyl (C=O) groups excluding carboxylic acids is 2. The van der Waals surface area contributed by atoms with Crippen molar-refractivity contribution in [3.63, 3.8) is 0 Å². The number of carbonyl (C=O) groups is 2. The molecule has 4 fully saturated rings. The fourth-order valence-electron chi connectivity index (χ4n) is 8.32. The third-order valence-corrected chi connectivity index (χ3v) is 9.39. The van der Waals surface area contributed by atoms with Gasteiger partial charge in [-0.2, -0.15) is 4.80 Å². The highest BCUT2D eigenvalue weighted by Crippen LogP contribution is 2.78. The summed E-state index contributed by atoms with van der Waals surface area (Å²) in [6.07, 6.45) is 10.0. The highest BCUT2D eigenvalue weighted by atomic mass is 16.5. The summed E-state index contributed by atoms with van der Waals surface area (Å²) in [4.78, 5) is 31.0. The van der Waals surface area contributed by atoms with E-state index in [0.717, 1.165) is 24.3 Å². The Balaban J connectivity index is 1.05. The summed E-state index contributed by atoms with van der Waals surface area (Å²) in [5.74, 6) is 2.60. The normalized spacial score (nSPS) is 31.4. The highest BCUT2D eigenvalue weighted by molar-refractivity contribution is 5.93. The molecule has 3 heterocycles. The van der Waals surface area contributed by atoms with E-state index in [2.05, 4.69) is 25.7 Å². The van der Waals surface area contributed by atoms with Gasteiger partial charge in [0.1, 0.15) is 24.3 Å². The zero-order chi connectivity index (χ0) is 24.5. The molecule has 3 aromatic heterocycles. The van der Waals surface area contributed by atoms with E-state index in [0.29, 0.717) is 40.3 Å². The Bertz CT molecular complexity index is 1360. The van der Waals surface area contributed by atoms with Crippen molar-refractivity contribution in [1.29, 1.82) is 0 Å². The molecular weight excluding hydrogens is 458 g/mol. The van der Waals surface area contributed by atoms with E-state index in [1.54, 1.807) is 6.92 Å². The standard InChI is InChI=1S/C26H31N7O3/c1-2-36-23(34)8-21-29-31-33(30-21)13-19-12-32-20(4-3-5-22(32)28-19)24(35)27-15-25-9-16-6-17-7-18(11-25)26(17,10-16)14-25/h3-5,12,16-18H,2,6-11,13-15H2,1H3,(H,27,35). The van der Waals surface area contributed by atoms with Crippen LogP contribution in [-0.4, -0.2) is 54.6 Å². The average Bonchev–Trinajstić information content (AvgIpc) is 3.55. The Morgan fingerprint density at radius 1 is 1.19 bits per heavy atom. The van der Waals surface area contributed by atoms with Gasteiger partial charge in [0.2, 0.25) is 0 Å². The first-order valence-electron chi connectivity index (χ1n) is 13.1. The Morgan fingerprint density at radius 3 is 3.00 bits per heavy atom. The van der Waals surface area contributed by atoms with E-state index >= 15 is 0 Å². The number of rotatable bonds is 8. The van der Waals surface area contributed by atoms with Crippen LogP contribution in [0.15, 0.2) is 24.4 Å². The van der Waals surface area contributed by atoms with Crippen molar-refractivity contribution >= 4 is 17.5 Å². The fraction of sp³-hybridized carbons (Fsp3) is 0.615. The van der Waals surface area contributed by atoms with Gasteiger partial charge in [-0.1, -0.05) is 6.07 Å². The summed E-state index contributed by atoms with van der Waals surface area (Å²) in [7, 11) is 0. The van der Waals surface area contributed by atoms with Crippen molar-refractivity contribution in [3.05, 3.63) is 41.6 Å². The number of aromatic nitrogens is 6. The van der Waals surface area contributed by atoms with Crippen molar-refractivity contribution < 1.29 is 14.3 Å². The molecule has 5 atom stereocenters. The minimum atomic E-state index is -0.384. The van der Waals surface area contributed by atoms with E-state index in [4.69, 9.17) is 4.74 Å². The number of imidazole rings is 1. The summed E-state index contributed by atoms with van der Waals surface area (Å²) < 4.78 is 6.76. The lowest BCUT2D eigenvalue weighted by molar-refractivity contribution is -0.142. The number of hydrogen-bond donors (Lipinski definition) is 1. The molecule has 4 saturated carbocycles. The van der Waals surface area contributed by atoms with Crippen LogP contribution in [0.4, 0.5) is 0 Å². The molecule has 10 heteroatoms. The third-order valence-electron chi connectivity index (χ3n) is 9.39. The molecule has 188 valence electrons. The van der Waals surface area contributed by atoms with Crippen molar-refractivity contribution in [1.82, 2.24) is 34.9 Å². The van der Waals surface area contributed by atoms with Gasteiger partial charge in [-0.3, -0.25) is 14.0 Å². The van der Waals surface area contributed by atoms with E-state index < -0.39 is 0 Å². The van der Waals surface area contributed by atoms with Crippen LogP contribution in [0, 0.1) is 28.6 Å². The molecule has 4 aliphatic carbocycles. The van der Waals surface area contributed by atoms with Crippen LogP contribution in [-0.2, 0) is 22.5 Å². The van der Waals surface area contributed by atoms with E-state index in [1.165, 1.54) is 43.3 Å². The first-order chi connectivity index (χ1) is 17.5. The molecule has 1 amide bonds. The van der Waals surface area contributed by atoms with Gasteiger partial charge in [0.15, 0.2) is 5.82 Å². The lowest BCUT2D eigenvalue weighted by atomic mass is 9.55. The van der Waals surface area contributed by atoms with Crippen LogP contribution >= 0.6 is 0 Å². The van der Waals surface area contributed by atoms with Crippen LogP contribution in [0.25, 0.3) is 5.65 Å². The van der Waals surface area contributed by atoms with Crippen LogP contribution in [0.2, 0.25) is 0 Å². The molecule has 36 heavy (non-hydrogen) atoms. The van der Waals surface area contributed by atoms with Crippen LogP contribution in [0.1, 0.15) is 67.5 Å². The summed E-state index contributed by atoms with van der Waals surface area (Å²) in [5.41, 5.74) is 2.89. The predicted octanol–water partition coefficient (Wildman–Crippen LogP) is 2.42. The predicted molar refractivity (Wildman–Crippen MR) is 128 cm³/mol. The van der Waals surface area contributed by atoms with E-state index in [1.807, 2.05) is 28.8 Å². The van der Waals surface area contributed by atoms with Crippen molar-refractivity contribution in [3.8, 4) is 0 Å². The number of nitrogens with zero attached hydrogens (tertiary/aromatic N) is 6. The summed E-state index contributed by atoms with van der Waals surface area (Å²) in [5, 5.41) is 15.5. The SMILES string of the molecule is CCOC(=O)Cc1nnn(Cc2cn3c(C(=O)NCC45CC6CC7CC(C4)C7(C6)C5)cccc3n2)n1. The first kappa shape index (κ1) is 21.9. The van der Waals surface area contributed by atoms with Crippen LogP contribution in [0.3, 0.4) is 0 Å². The number of ether oxygens (including phenoxy) is 1. The molecule has 0 radical (unpaired) electrons. The Labute approximate surface area is 208 Å². The van der Waals surface area contributed by atoms with E-state index in [-0.39, 0.29) is 24.8 Å². The van der Waals surface area contributed by atoms with Gasteiger partial charge in [-0.25, -0.2) is 4.98 Å². The molecule has 0 aromatic carbocycles. The van der Waals surface area contributed by atoms with Crippen LogP contribution in [0.5, 0.6) is 0 Å². The maximum absolute atomic E-state index is 13.3. The quantitative estimate of drug-likeness (QED) is 0.483. The number of fused-ring (bicyclic) bond motifs is 3. The maximum Gasteiger partial charge on any atom is 0.313 e. The molecular formula is C26H31N7O3. The molecule has 3 aromatic rings. The second-order valence-corrected chi connectivity index (χ2v) is 11.5. The molecule has 0 saturated heterocycles. The van der Waals surface area contributed by atoms with Crippen molar-refractivity contribution in [2.75, 3.05) is 13.2 Å². The van der Waals surface area contributed by atoms with Gasteiger partial charge >= 0.3 is 5.97 Å². The minimum Gasteiger partial charge on any atom is -0.466 e. The van der Waals surface area contributed by atoms with Gasteiger partial charge in [-0.15, -0.1) is 10.2 Å². The molecule has 7 rings (SSSR count). The molecule has 1 N–H and O–H groups in total. The smallest absolute Gasteiger partial charge is 0.313 e. The number of pyridine rings is 1. The third kappa shape index (κ3) is 3.37. The van der Waals surface area contributed by atoms with Crippen molar-refractivity contribution in [2.24, 2.45) is 28.6 Å². The second kappa shape index (κ2) is 7.85. The van der Waals surface area contributed by atoms with Crippen molar-refractivity contribution in [2.45, 2.75) is 58.4 Å². The zero-order valence-corrected chi connectivity index (χ0v) is 20.5. The molecule has 3 bridgehead atoms. The maximum atomic E-state index is 13.3. The Kier molecular flexibility index (Phi) is 4.78. The van der Waals surface area contributed by atoms with Gasteiger partial charge in [0.25, 0.3) is 5.91 Å². The van der Waals surface area contributed by atoms with Gasteiger partial charge in [-0.05, 0) is 91.4 Å². The Hall–Kier alpha value is -3.30. The fourth-order valence-corrected chi connectivity index (χ4v) is 8.32. The van der Waals surface area contributed by atoms with Gasteiger partial charge in [0.05, 0.1) is 12.3 Å². The molecule has 4 aliphatic rings. The topological polar surface area (TPSA) is 116 Å². The first-order valence-corrected chi connectivity index (χ1v) is 13.1. The highest BCUT2D eigenvalue weighted by Gasteiger charge is 2.70. The number of hydrogen-bond acceptors (Lipinski definition) is 7. The molecule has 5 unspecified atom stereocenters. The summed E-state index contributed by atoms with van der Waals surface area (Å²) in [6, 6.07) is 5.59. The Morgan fingerprint density at radius 2 is 2.11 bits per heavy atom. The van der Waals surface area contributed by atoms with E-state index in [9.17, 15) is 9.59 Å². The van der Waals surface area contributed by atoms with Gasteiger partial charge < -0.3 is 10.1 Å². The number of esters is 1. The average molecular weight is 490 g/mol.